The summed E-state index contributed by atoms with van der Waals surface area (Å²) in [6.45, 7) is 3.65. The molecule has 176 valence electrons. The van der Waals surface area contributed by atoms with Gasteiger partial charge < -0.3 is 20.4 Å². The molecule has 1 fully saturated rings. The Kier molecular flexibility index (Phi) is 7.39. The van der Waals surface area contributed by atoms with E-state index in [1.807, 2.05) is 37.3 Å². The lowest BCUT2D eigenvalue weighted by Gasteiger charge is -2.31. The smallest absolute Gasteiger partial charge is 0.291 e. The van der Waals surface area contributed by atoms with Gasteiger partial charge in [-0.2, -0.15) is 0 Å². The molecule has 3 N–H and O–H groups in total. The highest BCUT2D eigenvalue weighted by Gasteiger charge is 2.23. The maximum atomic E-state index is 12.8. The second-order valence-electron chi connectivity index (χ2n) is 8.40. The van der Waals surface area contributed by atoms with Crippen LogP contribution in [0.2, 0.25) is 0 Å². The summed E-state index contributed by atoms with van der Waals surface area (Å²) in [5.74, 6) is -0.390. The maximum Gasteiger partial charge on any atom is 0.291 e. The van der Waals surface area contributed by atoms with E-state index in [2.05, 4.69) is 20.9 Å². The summed E-state index contributed by atoms with van der Waals surface area (Å²) < 4.78 is 5.13. The number of nitrogens with one attached hydrogen (secondary N) is 3. The van der Waals surface area contributed by atoms with Crippen LogP contribution in [0.1, 0.15) is 39.3 Å². The van der Waals surface area contributed by atoms with Crippen LogP contribution in [0, 0.1) is 6.92 Å². The molecule has 0 aliphatic carbocycles. The fraction of sp³-hybridized carbons (Fsp3) is 0.269. The molecule has 3 aromatic rings. The van der Waals surface area contributed by atoms with Crippen LogP contribution in [0.3, 0.4) is 0 Å². The lowest BCUT2D eigenvalue weighted by molar-refractivity contribution is -0.117. The van der Waals surface area contributed by atoms with Crippen molar-refractivity contribution in [3.8, 4) is 0 Å². The van der Waals surface area contributed by atoms with Crippen molar-refractivity contribution in [1.29, 1.82) is 0 Å². The van der Waals surface area contributed by atoms with Crippen LogP contribution >= 0.6 is 0 Å². The van der Waals surface area contributed by atoms with Gasteiger partial charge in [0.25, 0.3) is 11.8 Å². The summed E-state index contributed by atoms with van der Waals surface area (Å²) >= 11 is 0. The van der Waals surface area contributed by atoms with Crippen molar-refractivity contribution in [2.45, 2.75) is 25.8 Å². The Labute approximate surface area is 198 Å². The molecule has 0 saturated carbocycles. The largest absolute Gasteiger partial charge is 0.459 e. The van der Waals surface area contributed by atoms with Crippen molar-refractivity contribution in [3.63, 3.8) is 0 Å². The van der Waals surface area contributed by atoms with E-state index in [0.29, 0.717) is 17.8 Å². The third kappa shape index (κ3) is 6.11. The highest BCUT2D eigenvalue weighted by molar-refractivity contribution is 6.04. The Morgan fingerprint density at radius 1 is 0.941 bits per heavy atom. The number of anilines is 2. The first-order chi connectivity index (χ1) is 16.5. The minimum absolute atomic E-state index is 0.0309. The van der Waals surface area contributed by atoms with Crippen molar-refractivity contribution in [1.82, 2.24) is 10.2 Å². The third-order valence-corrected chi connectivity index (χ3v) is 5.84. The molecular formula is C26H28N4O4. The van der Waals surface area contributed by atoms with Gasteiger partial charge in [0, 0.05) is 36.1 Å². The minimum atomic E-state index is -0.366. The number of furan rings is 1. The van der Waals surface area contributed by atoms with Gasteiger partial charge in [-0.1, -0.05) is 24.3 Å². The monoisotopic (exact) mass is 460 g/mol. The van der Waals surface area contributed by atoms with Crippen molar-refractivity contribution >= 4 is 29.1 Å². The number of rotatable bonds is 7. The molecule has 2 heterocycles. The Morgan fingerprint density at radius 2 is 1.71 bits per heavy atom. The van der Waals surface area contributed by atoms with Crippen LogP contribution in [-0.4, -0.2) is 48.3 Å². The van der Waals surface area contributed by atoms with Gasteiger partial charge in [-0.25, -0.2) is 0 Å². The molecular weight excluding hydrogens is 432 g/mol. The van der Waals surface area contributed by atoms with E-state index in [4.69, 9.17) is 4.42 Å². The van der Waals surface area contributed by atoms with E-state index in [9.17, 15) is 14.4 Å². The summed E-state index contributed by atoms with van der Waals surface area (Å²) in [7, 11) is 0. The normalized spacial score (nSPS) is 14.4. The Bertz CT molecular complexity index is 1140. The first-order valence-electron chi connectivity index (χ1n) is 11.3. The molecule has 4 rings (SSSR count). The lowest BCUT2D eigenvalue weighted by atomic mass is 10.0. The number of carbonyl (C=O) groups excluding carboxylic acids is 3. The number of amides is 3. The molecule has 1 aliphatic heterocycles. The number of likely N-dealkylation sites (tertiary alicyclic amines) is 1. The molecule has 0 spiro atoms. The van der Waals surface area contributed by atoms with E-state index in [0.717, 1.165) is 37.2 Å². The highest BCUT2D eigenvalue weighted by atomic mass is 16.3. The molecule has 0 bridgehead atoms. The van der Waals surface area contributed by atoms with Gasteiger partial charge in [-0.05, 0) is 61.7 Å². The van der Waals surface area contributed by atoms with Crippen LogP contribution in [0.4, 0.5) is 11.4 Å². The zero-order chi connectivity index (χ0) is 23.9. The van der Waals surface area contributed by atoms with E-state index in [1.54, 1.807) is 30.3 Å². The first-order valence-corrected chi connectivity index (χ1v) is 11.3. The van der Waals surface area contributed by atoms with Crippen LogP contribution in [-0.2, 0) is 4.79 Å². The molecule has 8 nitrogen and oxygen atoms in total. The van der Waals surface area contributed by atoms with Gasteiger partial charge in [-0.15, -0.1) is 0 Å². The molecule has 3 amide bonds. The van der Waals surface area contributed by atoms with Crippen LogP contribution in [0.25, 0.3) is 0 Å². The number of hydrogen-bond donors (Lipinski definition) is 3. The van der Waals surface area contributed by atoms with Gasteiger partial charge in [0.15, 0.2) is 5.76 Å². The fourth-order valence-electron chi connectivity index (χ4n) is 3.92. The quantitative estimate of drug-likeness (QED) is 0.499. The second-order valence-corrected chi connectivity index (χ2v) is 8.40. The highest BCUT2D eigenvalue weighted by Crippen LogP contribution is 2.19. The number of aryl methyl sites for hydroxylation is 1. The number of piperidine rings is 1. The standard InChI is InChI=1S/C26H28N4O4/c1-18-9-10-19(16-22(18)29-26(33)23-8-5-15-34-23)25(32)28-21-11-13-30(14-12-21)17-24(31)27-20-6-3-2-4-7-20/h2-10,15-16,21H,11-14,17H2,1H3,(H,27,31)(H,28,32)(H,29,33). The Hall–Kier alpha value is -3.91. The van der Waals surface area contributed by atoms with Gasteiger partial charge in [0.05, 0.1) is 12.8 Å². The summed E-state index contributed by atoms with van der Waals surface area (Å²) in [4.78, 5) is 39.5. The molecule has 8 heteroatoms. The van der Waals surface area contributed by atoms with E-state index < -0.39 is 0 Å². The molecule has 0 unspecified atom stereocenters. The van der Waals surface area contributed by atoms with Crippen molar-refractivity contribution in [2.24, 2.45) is 0 Å². The SMILES string of the molecule is Cc1ccc(C(=O)NC2CCN(CC(=O)Nc3ccccc3)CC2)cc1NC(=O)c1ccco1. The molecule has 1 saturated heterocycles. The summed E-state index contributed by atoms with van der Waals surface area (Å²) in [5.41, 5.74) is 2.67. The predicted molar refractivity (Wildman–Crippen MR) is 130 cm³/mol. The van der Waals surface area contributed by atoms with Crippen LogP contribution in [0.5, 0.6) is 0 Å². The zero-order valence-corrected chi connectivity index (χ0v) is 19.0. The van der Waals surface area contributed by atoms with Crippen molar-refractivity contribution in [3.05, 3.63) is 83.8 Å². The van der Waals surface area contributed by atoms with Gasteiger partial charge in [0.2, 0.25) is 5.91 Å². The molecule has 2 aromatic carbocycles. The number of carbonyl (C=O) groups is 3. The maximum absolute atomic E-state index is 12.8. The third-order valence-electron chi connectivity index (χ3n) is 5.84. The average Bonchev–Trinajstić information content (AvgIpc) is 3.37. The van der Waals surface area contributed by atoms with Gasteiger partial charge >= 0.3 is 0 Å². The first kappa shape index (κ1) is 23.3. The predicted octanol–water partition coefficient (Wildman–Crippen LogP) is 3.67. The molecule has 34 heavy (non-hydrogen) atoms. The summed E-state index contributed by atoms with van der Waals surface area (Å²) in [5, 5.41) is 8.77. The van der Waals surface area contributed by atoms with E-state index >= 15 is 0 Å². The van der Waals surface area contributed by atoms with Crippen molar-refractivity contribution in [2.75, 3.05) is 30.3 Å². The molecule has 1 aromatic heterocycles. The van der Waals surface area contributed by atoms with Crippen LogP contribution in [0.15, 0.2) is 71.3 Å². The lowest BCUT2D eigenvalue weighted by Crippen LogP contribution is -2.46. The Balaban J connectivity index is 1.26. The number of hydrogen-bond acceptors (Lipinski definition) is 5. The van der Waals surface area contributed by atoms with Crippen LogP contribution < -0.4 is 16.0 Å². The molecule has 0 radical (unpaired) electrons. The fourth-order valence-corrected chi connectivity index (χ4v) is 3.92. The van der Waals surface area contributed by atoms with Crippen molar-refractivity contribution < 1.29 is 18.8 Å². The summed E-state index contributed by atoms with van der Waals surface area (Å²) in [6, 6.07) is 17.9. The Morgan fingerprint density at radius 3 is 2.41 bits per heavy atom. The summed E-state index contributed by atoms with van der Waals surface area (Å²) in [6.07, 6.45) is 2.96. The zero-order valence-electron chi connectivity index (χ0n) is 19.0. The minimum Gasteiger partial charge on any atom is -0.459 e. The van der Waals surface area contributed by atoms with Gasteiger partial charge in [0.1, 0.15) is 0 Å². The topological polar surface area (TPSA) is 104 Å². The second kappa shape index (κ2) is 10.8. The van der Waals surface area contributed by atoms with Gasteiger partial charge in [-0.3, -0.25) is 19.3 Å². The van der Waals surface area contributed by atoms with E-state index in [1.165, 1.54) is 6.26 Å². The van der Waals surface area contributed by atoms with E-state index in [-0.39, 0.29) is 29.5 Å². The number of benzene rings is 2. The number of nitrogens with zero attached hydrogens (tertiary/aromatic N) is 1. The molecule has 1 aliphatic rings. The molecule has 0 atom stereocenters. The number of para-hydroxylation sites is 1. The average molecular weight is 461 g/mol.